The number of aromatic nitrogens is 3. The van der Waals surface area contributed by atoms with Gasteiger partial charge in [-0.05, 0) is 19.8 Å². The van der Waals surface area contributed by atoms with Crippen molar-refractivity contribution >= 4 is 21.9 Å². The Labute approximate surface area is 124 Å². The maximum Gasteiger partial charge on any atom is 0.323 e. The lowest BCUT2D eigenvalue weighted by atomic mass is 10.5. The summed E-state index contributed by atoms with van der Waals surface area (Å²) in [5, 5.41) is 10.9. The first-order chi connectivity index (χ1) is 9.94. The van der Waals surface area contributed by atoms with Crippen molar-refractivity contribution in [1.29, 1.82) is 0 Å². The molecule has 0 bridgehead atoms. The molecule has 0 amide bonds. The van der Waals surface area contributed by atoms with Gasteiger partial charge in [-0.2, -0.15) is 15.0 Å². The van der Waals surface area contributed by atoms with Crippen molar-refractivity contribution in [2.24, 2.45) is 5.14 Å². The summed E-state index contributed by atoms with van der Waals surface area (Å²) in [6, 6.07) is 0.222. The van der Waals surface area contributed by atoms with E-state index in [-0.39, 0.29) is 11.8 Å². The zero-order valence-corrected chi connectivity index (χ0v) is 13.1. The summed E-state index contributed by atoms with van der Waals surface area (Å²) in [5.74, 6) is 0.662. The molecule has 0 aromatic carbocycles. The van der Waals surface area contributed by atoms with Crippen LogP contribution in [-0.2, 0) is 10.0 Å². The molecule has 10 heteroatoms. The summed E-state index contributed by atoms with van der Waals surface area (Å²) in [7, 11) is -3.45. The second-order valence-electron chi connectivity index (χ2n) is 4.27. The monoisotopic (exact) mass is 318 g/mol. The Kier molecular flexibility index (Phi) is 7.09. The van der Waals surface area contributed by atoms with E-state index in [2.05, 4.69) is 25.6 Å². The molecule has 0 aliphatic heterocycles. The Morgan fingerprint density at radius 2 is 1.71 bits per heavy atom. The van der Waals surface area contributed by atoms with Crippen molar-refractivity contribution in [2.45, 2.75) is 26.7 Å². The Bertz CT molecular complexity index is 537. The van der Waals surface area contributed by atoms with Crippen molar-refractivity contribution in [3.63, 3.8) is 0 Å². The van der Waals surface area contributed by atoms with Gasteiger partial charge in [-0.1, -0.05) is 6.92 Å². The molecule has 1 heterocycles. The van der Waals surface area contributed by atoms with E-state index < -0.39 is 10.0 Å². The number of anilines is 2. The van der Waals surface area contributed by atoms with Crippen LogP contribution in [0.25, 0.3) is 0 Å². The van der Waals surface area contributed by atoms with Gasteiger partial charge < -0.3 is 15.4 Å². The highest BCUT2D eigenvalue weighted by atomic mass is 32.2. The molecule has 4 N–H and O–H groups in total. The predicted octanol–water partition coefficient (Wildman–Crippen LogP) is 0.183. The van der Waals surface area contributed by atoms with Gasteiger partial charge in [-0.15, -0.1) is 0 Å². The first kappa shape index (κ1) is 17.4. The average Bonchev–Trinajstić information content (AvgIpc) is 2.41. The van der Waals surface area contributed by atoms with Crippen molar-refractivity contribution in [3.05, 3.63) is 0 Å². The molecule has 0 aliphatic carbocycles. The SMILES string of the molecule is CCCNc1nc(NCCCS(N)(=O)=O)nc(OCC)n1. The molecule has 1 rings (SSSR count). The molecule has 0 fully saturated rings. The fraction of sp³-hybridized carbons (Fsp3) is 0.727. The number of nitrogens with one attached hydrogen (secondary N) is 2. The van der Waals surface area contributed by atoms with Crippen LogP contribution in [0.3, 0.4) is 0 Å². The van der Waals surface area contributed by atoms with Crippen LogP contribution in [0.15, 0.2) is 0 Å². The van der Waals surface area contributed by atoms with Gasteiger partial charge in [0.1, 0.15) is 0 Å². The third kappa shape index (κ3) is 7.61. The maximum atomic E-state index is 10.8. The van der Waals surface area contributed by atoms with E-state index in [4.69, 9.17) is 9.88 Å². The highest BCUT2D eigenvalue weighted by Gasteiger charge is 2.07. The molecule has 0 aliphatic rings. The molecule has 1 aromatic rings. The summed E-state index contributed by atoms with van der Waals surface area (Å²) in [6.07, 6.45) is 1.30. The van der Waals surface area contributed by atoms with Gasteiger partial charge in [-0.3, -0.25) is 0 Å². The minimum atomic E-state index is -3.45. The van der Waals surface area contributed by atoms with Crippen molar-refractivity contribution in [3.8, 4) is 6.01 Å². The summed E-state index contributed by atoms with van der Waals surface area (Å²) >= 11 is 0. The molecule has 21 heavy (non-hydrogen) atoms. The zero-order valence-electron chi connectivity index (χ0n) is 12.3. The van der Waals surface area contributed by atoms with Gasteiger partial charge in [0.2, 0.25) is 21.9 Å². The van der Waals surface area contributed by atoms with Crippen LogP contribution in [0, 0.1) is 0 Å². The largest absolute Gasteiger partial charge is 0.464 e. The number of hydrogen-bond donors (Lipinski definition) is 3. The number of hydrogen-bond acceptors (Lipinski definition) is 8. The normalized spacial score (nSPS) is 11.2. The standard InChI is InChI=1S/C11H22N6O3S/c1-3-6-13-9-15-10(17-11(16-9)20-4-2)14-7-5-8-21(12,18)19/h3-8H2,1-2H3,(H2,12,18,19)(H2,13,14,15,16,17). The van der Waals surface area contributed by atoms with Gasteiger partial charge in [0.05, 0.1) is 12.4 Å². The van der Waals surface area contributed by atoms with Crippen LogP contribution >= 0.6 is 0 Å². The Morgan fingerprint density at radius 3 is 2.24 bits per heavy atom. The van der Waals surface area contributed by atoms with Crippen LogP contribution < -0.4 is 20.5 Å². The highest BCUT2D eigenvalue weighted by molar-refractivity contribution is 7.89. The van der Waals surface area contributed by atoms with Crippen LogP contribution in [0.2, 0.25) is 0 Å². The molecule has 0 atom stereocenters. The van der Waals surface area contributed by atoms with Crippen LogP contribution in [-0.4, -0.2) is 48.8 Å². The minimum Gasteiger partial charge on any atom is -0.464 e. The molecule has 0 spiro atoms. The average molecular weight is 318 g/mol. The molecule has 120 valence electrons. The van der Waals surface area contributed by atoms with Gasteiger partial charge in [-0.25, -0.2) is 13.6 Å². The number of nitrogens with two attached hydrogens (primary N) is 1. The van der Waals surface area contributed by atoms with Crippen LogP contribution in [0.5, 0.6) is 6.01 Å². The third-order valence-electron chi connectivity index (χ3n) is 2.31. The van der Waals surface area contributed by atoms with Gasteiger partial charge in [0.25, 0.3) is 0 Å². The number of primary sulfonamides is 1. The van der Waals surface area contributed by atoms with Gasteiger partial charge in [0, 0.05) is 13.1 Å². The van der Waals surface area contributed by atoms with Crippen LogP contribution in [0.4, 0.5) is 11.9 Å². The summed E-state index contributed by atoms with van der Waals surface area (Å²) in [6.45, 7) is 5.44. The lowest BCUT2D eigenvalue weighted by molar-refractivity contribution is 0.312. The van der Waals surface area contributed by atoms with E-state index >= 15 is 0 Å². The van der Waals surface area contributed by atoms with Crippen LogP contribution in [0.1, 0.15) is 26.7 Å². The van der Waals surface area contributed by atoms with E-state index in [1.807, 2.05) is 13.8 Å². The maximum absolute atomic E-state index is 10.8. The number of sulfonamides is 1. The zero-order chi connectivity index (χ0) is 15.7. The molecular weight excluding hydrogens is 296 g/mol. The summed E-state index contributed by atoms with van der Waals surface area (Å²) in [5.41, 5.74) is 0. The molecule has 1 aromatic heterocycles. The Balaban J connectivity index is 2.64. The second kappa shape index (κ2) is 8.57. The van der Waals surface area contributed by atoms with Crippen molar-refractivity contribution in [1.82, 2.24) is 15.0 Å². The third-order valence-corrected chi connectivity index (χ3v) is 3.17. The topological polar surface area (TPSA) is 132 Å². The molecule has 0 unspecified atom stereocenters. The first-order valence-electron chi connectivity index (χ1n) is 6.81. The molecular formula is C11H22N6O3S. The summed E-state index contributed by atoms with van der Waals surface area (Å²) in [4.78, 5) is 12.4. The second-order valence-corrected chi connectivity index (χ2v) is 6.01. The van der Waals surface area contributed by atoms with Gasteiger partial charge in [0.15, 0.2) is 0 Å². The lowest BCUT2D eigenvalue weighted by Crippen LogP contribution is -2.19. The van der Waals surface area contributed by atoms with E-state index in [0.29, 0.717) is 31.5 Å². The van der Waals surface area contributed by atoms with Gasteiger partial charge >= 0.3 is 6.01 Å². The first-order valence-corrected chi connectivity index (χ1v) is 8.53. The van der Waals surface area contributed by atoms with E-state index in [0.717, 1.165) is 13.0 Å². The molecule has 0 saturated heterocycles. The number of ether oxygens (including phenoxy) is 1. The van der Waals surface area contributed by atoms with Crippen molar-refractivity contribution in [2.75, 3.05) is 36.1 Å². The van der Waals surface area contributed by atoms with E-state index in [9.17, 15) is 8.42 Å². The Morgan fingerprint density at radius 1 is 1.10 bits per heavy atom. The fourth-order valence-corrected chi connectivity index (χ4v) is 1.97. The summed E-state index contributed by atoms with van der Waals surface area (Å²) < 4.78 is 26.9. The molecule has 0 saturated carbocycles. The lowest BCUT2D eigenvalue weighted by Gasteiger charge is -2.09. The smallest absolute Gasteiger partial charge is 0.323 e. The van der Waals surface area contributed by atoms with Crippen molar-refractivity contribution < 1.29 is 13.2 Å². The molecule has 9 nitrogen and oxygen atoms in total. The fourth-order valence-electron chi connectivity index (χ4n) is 1.42. The predicted molar refractivity (Wildman–Crippen MR) is 80.9 cm³/mol. The highest BCUT2D eigenvalue weighted by Crippen LogP contribution is 2.11. The number of rotatable bonds is 10. The minimum absolute atomic E-state index is 0.0929. The van der Waals surface area contributed by atoms with E-state index in [1.165, 1.54) is 0 Å². The number of nitrogens with zero attached hydrogens (tertiary/aromatic N) is 3. The van der Waals surface area contributed by atoms with E-state index in [1.54, 1.807) is 0 Å². The Hall–Kier alpha value is -1.68. The molecule has 0 radical (unpaired) electrons. The quantitative estimate of drug-likeness (QED) is 0.521.